The number of hydrogen-bond acceptors (Lipinski definition) is 6. The second-order valence-electron chi connectivity index (χ2n) is 4.74. The summed E-state index contributed by atoms with van der Waals surface area (Å²) in [7, 11) is -3.91. The summed E-state index contributed by atoms with van der Waals surface area (Å²) in [5.41, 5.74) is 0.456. The number of nitrogens with one attached hydrogen (secondary N) is 1. The number of sulfonamides is 1. The van der Waals surface area contributed by atoms with E-state index in [1.165, 1.54) is 12.3 Å². The van der Waals surface area contributed by atoms with E-state index in [0.717, 1.165) is 11.3 Å². The topological polar surface area (TPSA) is 85.6 Å². The number of thiophene rings is 1. The SMILES string of the molecule is O=C(NS(=O)(=O)c1cccs1)c1occc1COc1ccccc1. The van der Waals surface area contributed by atoms with Gasteiger partial charge in [0.1, 0.15) is 16.6 Å². The monoisotopic (exact) mass is 363 g/mol. The van der Waals surface area contributed by atoms with Gasteiger partial charge in [0, 0.05) is 5.56 Å². The summed E-state index contributed by atoms with van der Waals surface area (Å²) >= 11 is 1.02. The lowest BCUT2D eigenvalue weighted by atomic mass is 10.2. The van der Waals surface area contributed by atoms with E-state index in [1.807, 2.05) is 22.9 Å². The Morgan fingerprint density at radius 3 is 2.62 bits per heavy atom. The highest BCUT2D eigenvalue weighted by Crippen LogP contribution is 2.18. The summed E-state index contributed by atoms with van der Waals surface area (Å²) in [5, 5.41) is 1.62. The third kappa shape index (κ3) is 3.66. The summed E-state index contributed by atoms with van der Waals surface area (Å²) in [5.74, 6) is -0.289. The van der Waals surface area contributed by atoms with Crippen molar-refractivity contribution in [2.24, 2.45) is 0 Å². The normalized spacial score (nSPS) is 11.2. The first-order chi connectivity index (χ1) is 11.6. The Morgan fingerprint density at radius 1 is 1.12 bits per heavy atom. The maximum atomic E-state index is 12.2. The van der Waals surface area contributed by atoms with Gasteiger partial charge in [0.25, 0.3) is 10.0 Å². The molecule has 1 N–H and O–H groups in total. The zero-order valence-corrected chi connectivity index (χ0v) is 14.0. The first kappa shape index (κ1) is 16.3. The Balaban J connectivity index is 1.71. The predicted octanol–water partition coefficient (Wildman–Crippen LogP) is 3.04. The van der Waals surface area contributed by atoms with Crippen molar-refractivity contribution >= 4 is 27.3 Å². The molecular formula is C16H13NO5S2. The lowest BCUT2D eigenvalue weighted by Gasteiger charge is -2.07. The molecule has 0 radical (unpaired) electrons. The maximum Gasteiger partial charge on any atom is 0.301 e. The average Bonchev–Trinajstić information content (AvgIpc) is 3.25. The molecule has 2 heterocycles. The molecule has 0 bridgehead atoms. The highest BCUT2D eigenvalue weighted by atomic mass is 32.2. The van der Waals surface area contributed by atoms with Crippen LogP contribution in [0.2, 0.25) is 0 Å². The van der Waals surface area contributed by atoms with Crippen LogP contribution < -0.4 is 9.46 Å². The van der Waals surface area contributed by atoms with Crippen LogP contribution in [0.5, 0.6) is 5.75 Å². The van der Waals surface area contributed by atoms with Gasteiger partial charge in [-0.1, -0.05) is 24.3 Å². The van der Waals surface area contributed by atoms with Crippen LogP contribution in [-0.2, 0) is 16.6 Å². The molecule has 0 aliphatic carbocycles. The van der Waals surface area contributed by atoms with E-state index in [2.05, 4.69) is 0 Å². The number of ether oxygens (including phenoxy) is 1. The van der Waals surface area contributed by atoms with Crippen molar-refractivity contribution in [3.8, 4) is 5.75 Å². The van der Waals surface area contributed by atoms with Gasteiger partial charge in [-0.2, -0.15) is 0 Å². The molecule has 124 valence electrons. The number of hydrogen-bond donors (Lipinski definition) is 1. The average molecular weight is 363 g/mol. The van der Waals surface area contributed by atoms with E-state index >= 15 is 0 Å². The molecule has 1 aromatic carbocycles. The first-order valence-electron chi connectivity index (χ1n) is 6.91. The minimum Gasteiger partial charge on any atom is -0.489 e. The molecule has 0 fully saturated rings. The van der Waals surface area contributed by atoms with E-state index in [9.17, 15) is 13.2 Å². The molecule has 0 atom stereocenters. The number of benzene rings is 1. The van der Waals surface area contributed by atoms with Crippen molar-refractivity contribution in [1.29, 1.82) is 0 Å². The highest BCUT2D eigenvalue weighted by molar-refractivity contribution is 7.92. The smallest absolute Gasteiger partial charge is 0.301 e. The molecule has 3 rings (SSSR count). The largest absolute Gasteiger partial charge is 0.489 e. The molecule has 2 aromatic heterocycles. The van der Waals surface area contributed by atoms with Crippen molar-refractivity contribution < 1.29 is 22.4 Å². The summed E-state index contributed by atoms with van der Waals surface area (Å²) < 4.78 is 36.9. The fourth-order valence-electron chi connectivity index (χ4n) is 1.96. The van der Waals surface area contributed by atoms with Crippen LogP contribution in [0.1, 0.15) is 16.1 Å². The van der Waals surface area contributed by atoms with E-state index in [1.54, 1.807) is 29.6 Å². The zero-order chi connectivity index (χ0) is 17.0. The Kier molecular flexibility index (Phi) is 4.68. The van der Waals surface area contributed by atoms with Gasteiger partial charge < -0.3 is 9.15 Å². The number of rotatable bonds is 6. The van der Waals surface area contributed by atoms with Crippen molar-refractivity contribution in [3.05, 3.63) is 71.5 Å². The van der Waals surface area contributed by atoms with Crippen LogP contribution in [0.15, 0.2) is 68.8 Å². The number of carbonyl (C=O) groups is 1. The van der Waals surface area contributed by atoms with E-state index < -0.39 is 15.9 Å². The van der Waals surface area contributed by atoms with E-state index in [-0.39, 0.29) is 16.6 Å². The first-order valence-corrected chi connectivity index (χ1v) is 9.27. The van der Waals surface area contributed by atoms with Gasteiger partial charge in [-0.15, -0.1) is 11.3 Å². The second kappa shape index (κ2) is 6.90. The molecule has 0 spiro atoms. The fourth-order valence-corrected chi connectivity index (χ4v) is 3.90. The Morgan fingerprint density at radius 2 is 1.92 bits per heavy atom. The molecule has 24 heavy (non-hydrogen) atoms. The number of carbonyl (C=O) groups excluding carboxylic acids is 1. The van der Waals surface area contributed by atoms with Crippen LogP contribution in [0, 0.1) is 0 Å². The molecule has 0 saturated carbocycles. The minimum absolute atomic E-state index is 0.0597. The van der Waals surface area contributed by atoms with Gasteiger partial charge in [-0.05, 0) is 29.6 Å². The van der Waals surface area contributed by atoms with Crippen LogP contribution in [-0.4, -0.2) is 14.3 Å². The fraction of sp³-hybridized carbons (Fsp3) is 0.0625. The minimum atomic E-state index is -3.91. The molecule has 0 aliphatic rings. The molecule has 0 aliphatic heterocycles. The molecule has 6 nitrogen and oxygen atoms in total. The number of amides is 1. The van der Waals surface area contributed by atoms with Crippen LogP contribution in [0.3, 0.4) is 0 Å². The van der Waals surface area contributed by atoms with Crippen LogP contribution in [0.4, 0.5) is 0 Å². The van der Waals surface area contributed by atoms with Crippen LogP contribution in [0.25, 0.3) is 0 Å². The van der Waals surface area contributed by atoms with E-state index in [4.69, 9.17) is 9.15 Å². The molecule has 3 aromatic rings. The van der Waals surface area contributed by atoms with Gasteiger partial charge in [0.05, 0.1) is 6.26 Å². The summed E-state index contributed by atoms with van der Waals surface area (Å²) in [6.07, 6.45) is 1.32. The maximum absolute atomic E-state index is 12.2. The van der Waals surface area contributed by atoms with Crippen LogP contribution >= 0.6 is 11.3 Å². The third-order valence-corrected chi connectivity index (χ3v) is 5.81. The van der Waals surface area contributed by atoms with Gasteiger partial charge in [-0.3, -0.25) is 4.79 Å². The molecular weight excluding hydrogens is 350 g/mol. The Hall–Kier alpha value is -2.58. The molecule has 0 saturated heterocycles. The summed E-state index contributed by atoms with van der Waals surface area (Å²) in [6.45, 7) is 0.0856. The second-order valence-corrected chi connectivity index (χ2v) is 7.60. The lowest BCUT2D eigenvalue weighted by Crippen LogP contribution is -2.30. The lowest BCUT2D eigenvalue weighted by molar-refractivity contribution is 0.0951. The van der Waals surface area contributed by atoms with Crippen molar-refractivity contribution in [2.75, 3.05) is 0 Å². The van der Waals surface area contributed by atoms with Crippen molar-refractivity contribution in [2.45, 2.75) is 10.8 Å². The quantitative estimate of drug-likeness (QED) is 0.727. The third-order valence-electron chi connectivity index (χ3n) is 3.08. The summed E-state index contributed by atoms with van der Waals surface area (Å²) in [4.78, 5) is 12.2. The van der Waals surface area contributed by atoms with Crippen molar-refractivity contribution in [3.63, 3.8) is 0 Å². The standard InChI is InChI=1S/C16H13NO5S2/c18-16(17-24(19,20)14-7-4-10-23-14)15-12(8-9-21-15)11-22-13-5-2-1-3-6-13/h1-10H,11H2,(H,17,18). The predicted molar refractivity (Wildman–Crippen MR) is 88.5 cm³/mol. The molecule has 0 unspecified atom stereocenters. The van der Waals surface area contributed by atoms with Crippen molar-refractivity contribution in [1.82, 2.24) is 4.72 Å². The molecule has 1 amide bonds. The van der Waals surface area contributed by atoms with Gasteiger partial charge in [-0.25, -0.2) is 13.1 Å². The number of para-hydroxylation sites is 1. The zero-order valence-electron chi connectivity index (χ0n) is 12.3. The highest BCUT2D eigenvalue weighted by Gasteiger charge is 2.23. The Labute approximate surface area is 142 Å². The van der Waals surface area contributed by atoms with Gasteiger partial charge >= 0.3 is 5.91 Å². The Bertz CT molecular complexity index is 915. The van der Waals surface area contributed by atoms with Gasteiger partial charge in [0.2, 0.25) is 0 Å². The van der Waals surface area contributed by atoms with E-state index in [0.29, 0.717) is 11.3 Å². The number of furan rings is 1. The summed E-state index contributed by atoms with van der Waals surface area (Å²) in [6, 6.07) is 13.6. The van der Waals surface area contributed by atoms with Gasteiger partial charge in [0.15, 0.2) is 5.76 Å². The molecule has 8 heteroatoms.